The normalized spacial score (nSPS) is 16.4. The molecule has 162 valence electrons. The molecule has 0 saturated carbocycles. The van der Waals surface area contributed by atoms with Crippen molar-refractivity contribution in [3.8, 4) is 5.75 Å². The lowest BCUT2D eigenvalue weighted by Gasteiger charge is -2.33. The molecule has 1 fully saturated rings. The molecule has 7 nitrogen and oxygen atoms in total. The first-order chi connectivity index (χ1) is 15.1. The third kappa shape index (κ3) is 4.70. The Morgan fingerprint density at radius 3 is 2.84 bits per heavy atom. The number of amides is 2. The fourth-order valence-corrected chi connectivity index (χ4v) is 4.88. The van der Waals surface area contributed by atoms with Crippen LogP contribution in [0, 0.1) is 0 Å². The predicted octanol–water partition coefficient (Wildman–Crippen LogP) is 3.33. The minimum absolute atomic E-state index is 0.0699. The summed E-state index contributed by atoms with van der Waals surface area (Å²) in [5.74, 6) is 0.400. The van der Waals surface area contributed by atoms with E-state index in [9.17, 15) is 9.59 Å². The second kappa shape index (κ2) is 9.45. The Kier molecular flexibility index (Phi) is 6.48. The highest BCUT2D eigenvalue weighted by molar-refractivity contribution is 7.20. The monoisotopic (exact) mass is 439 g/mol. The first kappa shape index (κ1) is 21.3. The molecule has 1 unspecified atom stereocenters. The summed E-state index contributed by atoms with van der Waals surface area (Å²) in [4.78, 5) is 32.3. The summed E-state index contributed by atoms with van der Waals surface area (Å²) in [6.45, 7) is 3.91. The van der Waals surface area contributed by atoms with E-state index in [-0.39, 0.29) is 5.91 Å². The number of nitrogens with zero attached hydrogens (tertiary/aromatic N) is 2. The number of fused-ring (bicyclic) bond motifs is 1. The minimum atomic E-state index is -0.499. The number of hydrogen-bond acceptors (Lipinski definition) is 6. The maximum atomic E-state index is 12.9. The summed E-state index contributed by atoms with van der Waals surface area (Å²) >= 11 is 1.27. The molecule has 1 saturated heterocycles. The highest BCUT2D eigenvalue weighted by Crippen LogP contribution is 2.37. The van der Waals surface area contributed by atoms with Crippen LogP contribution in [0.4, 0.5) is 0 Å². The largest absolute Gasteiger partial charge is 0.494 e. The van der Waals surface area contributed by atoms with Crippen LogP contribution in [0.3, 0.4) is 0 Å². The molecule has 1 aromatic carbocycles. The van der Waals surface area contributed by atoms with Crippen molar-refractivity contribution >= 4 is 33.4 Å². The van der Waals surface area contributed by atoms with Gasteiger partial charge in [0, 0.05) is 30.1 Å². The lowest BCUT2D eigenvalue weighted by atomic mass is 10.0. The van der Waals surface area contributed by atoms with Crippen LogP contribution in [0.5, 0.6) is 5.75 Å². The summed E-state index contributed by atoms with van der Waals surface area (Å²) in [5, 5.41) is 0.856. The van der Waals surface area contributed by atoms with Gasteiger partial charge in [0.1, 0.15) is 21.6 Å². The number of nitrogens with two attached hydrogens (primary N) is 1. The van der Waals surface area contributed by atoms with Gasteiger partial charge in [0.25, 0.3) is 5.91 Å². The van der Waals surface area contributed by atoms with Gasteiger partial charge in [-0.3, -0.25) is 9.59 Å². The van der Waals surface area contributed by atoms with Crippen molar-refractivity contribution in [3.63, 3.8) is 0 Å². The molecule has 0 bridgehead atoms. The number of benzene rings is 1. The van der Waals surface area contributed by atoms with Crippen LogP contribution in [-0.4, -0.2) is 48.0 Å². The van der Waals surface area contributed by atoms with Crippen molar-refractivity contribution < 1.29 is 19.1 Å². The molecule has 3 aromatic rings. The number of primary amides is 1. The van der Waals surface area contributed by atoms with Crippen molar-refractivity contribution in [3.05, 3.63) is 58.6 Å². The zero-order valence-electron chi connectivity index (χ0n) is 17.4. The van der Waals surface area contributed by atoms with E-state index < -0.39 is 12.0 Å². The van der Waals surface area contributed by atoms with Crippen molar-refractivity contribution in [1.82, 2.24) is 9.88 Å². The maximum absolute atomic E-state index is 12.9. The van der Waals surface area contributed by atoms with Gasteiger partial charge in [-0.25, -0.2) is 4.98 Å². The summed E-state index contributed by atoms with van der Waals surface area (Å²) < 4.78 is 11.4. The number of aromatic nitrogens is 1. The average molecular weight is 440 g/mol. The smallest absolute Gasteiger partial charge is 0.259 e. The second-order valence-corrected chi connectivity index (χ2v) is 8.34. The van der Waals surface area contributed by atoms with Gasteiger partial charge < -0.3 is 20.1 Å². The van der Waals surface area contributed by atoms with Crippen LogP contribution in [0.25, 0.3) is 10.2 Å². The van der Waals surface area contributed by atoms with Crippen LogP contribution < -0.4 is 10.5 Å². The molecule has 1 aliphatic heterocycles. The molecule has 8 heteroatoms. The third-order valence-electron chi connectivity index (χ3n) is 5.33. The van der Waals surface area contributed by atoms with Gasteiger partial charge in [0.15, 0.2) is 0 Å². The van der Waals surface area contributed by atoms with Crippen LogP contribution in [0.15, 0.2) is 42.6 Å². The molecule has 1 atom stereocenters. The quantitative estimate of drug-likeness (QED) is 0.609. The molecular weight excluding hydrogens is 414 g/mol. The van der Waals surface area contributed by atoms with E-state index in [4.69, 9.17) is 15.2 Å². The standard InChI is InChI=1S/C23H25N3O4S/c1-2-29-16-8-5-15(6-9-16)7-10-19(27)26-12-13-30-18(14-26)20-17-4-3-11-25-23(17)31-21(20)22(24)28/h3-6,8-9,11,18H,2,7,10,12-14H2,1H3,(H2,24,28). The summed E-state index contributed by atoms with van der Waals surface area (Å²) in [6, 6.07) is 11.6. The molecule has 3 heterocycles. The summed E-state index contributed by atoms with van der Waals surface area (Å²) in [7, 11) is 0. The molecule has 2 N–H and O–H groups in total. The Hall–Kier alpha value is -2.97. The topological polar surface area (TPSA) is 94.7 Å². The van der Waals surface area contributed by atoms with Gasteiger partial charge in [-0.15, -0.1) is 11.3 Å². The minimum Gasteiger partial charge on any atom is -0.494 e. The first-order valence-corrected chi connectivity index (χ1v) is 11.2. The van der Waals surface area contributed by atoms with Crippen LogP contribution >= 0.6 is 11.3 Å². The van der Waals surface area contributed by atoms with Gasteiger partial charge in [0.2, 0.25) is 5.91 Å². The molecular formula is C23H25N3O4S. The Balaban J connectivity index is 1.45. The van der Waals surface area contributed by atoms with Crippen molar-refractivity contribution in [2.75, 3.05) is 26.3 Å². The van der Waals surface area contributed by atoms with Gasteiger partial charge in [-0.05, 0) is 37.1 Å². The number of ether oxygens (including phenoxy) is 2. The summed E-state index contributed by atoms with van der Waals surface area (Å²) in [6.07, 6.45) is 2.36. The molecule has 2 amide bonds. The van der Waals surface area contributed by atoms with Gasteiger partial charge in [0.05, 0.1) is 19.8 Å². The lowest BCUT2D eigenvalue weighted by molar-refractivity contribution is -0.138. The van der Waals surface area contributed by atoms with Gasteiger partial charge in [-0.1, -0.05) is 18.2 Å². The number of rotatable bonds is 7. The predicted molar refractivity (Wildman–Crippen MR) is 119 cm³/mol. The lowest BCUT2D eigenvalue weighted by Crippen LogP contribution is -2.42. The van der Waals surface area contributed by atoms with E-state index in [1.54, 1.807) is 6.20 Å². The molecule has 0 spiro atoms. The zero-order chi connectivity index (χ0) is 21.8. The fourth-order valence-electron chi connectivity index (χ4n) is 3.83. The highest BCUT2D eigenvalue weighted by atomic mass is 32.1. The highest BCUT2D eigenvalue weighted by Gasteiger charge is 2.31. The number of hydrogen-bond donors (Lipinski definition) is 1. The zero-order valence-corrected chi connectivity index (χ0v) is 18.2. The number of carbonyl (C=O) groups excluding carboxylic acids is 2. The Morgan fingerprint density at radius 1 is 1.29 bits per heavy atom. The van der Waals surface area contributed by atoms with Gasteiger partial charge >= 0.3 is 0 Å². The van der Waals surface area contributed by atoms with Crippen molar-refractivity contribution in [2.45, 2.75) is 25.9 Å². The summed E-state index contributed by atoms with van der Waals surface area (Å²) in [5.41, 5.74) is 7.45. The SMILES string of the molecule is CCOc1ccc(CCC(=O)N2CCOC(c3c(C(N)=O)sc4ncccc34)C2)cc1. The number of thiophene rings is 1. The molecule has 2 aromatic heterocycles. The Labute approximate surface area is 184 Å². The number of pyridine rings is 1. The van der Waals surface area contributed by atoms with Crippen LogP contribution in [-0.2, 0) is 16.0 Å². The van der Waals surface area contributed by atoms with E-state index >= 15 is 0 Å². The van der Waals surface area contributed by atoms with Crippen molar-refractivity contribution in [2.24, 2.45) is 5.73 Å². The molecule has 0 aliphatic carbocycles. The number of aryl methyl sites for hydroxylation is 1. The van der Waals surface area contributed by atoms with E-state index in [1.807, 2.05) is 48.2 Å². The molecule has 31 heavy (non-hydrogen) atoms. The van der Waals surface area contributed by atoms with Crippen LogP contribution in [0.2, 0.25) is 0 Å². The van der Waals surface area contributed by atoms with E-state index in [1.165, 1.54) is 11.3 Å². The molecule has 4 rings (SSSR count). The Morgan fingerprint density at radius 2 is 2.10 bits per heavy atom. The number of carbonyl (C=O) groups is 2. The maximum Gasteiger partial charge on any atom is 0.259 e. The van der Waals surface area contributed by atoms with E-state index in [2.05, 4.69) is 4.98 Å². The Bertz CT molecular complexity index is 1080. The first-order valence-electron chi connectivity index (χ1n) is 10.3. The number of morpholine rings is 1. The van der Waals surface area contributed by atoms with Gasteiger partial charge in [-0.2, -0.15) is 0 Å². The van der Waals surface area contributed by atoms with Crippen LogP contribution in [0.1, 0.15) is 40.2 Å². The third-order valence-corrected chi connectivity index (χ3v) is 6.48. The fraction of sp³-hybridized carbons (Fsp3) is 0.348. The van der Waals surface area contributed by atoms with E-state index in [0.717, 1.165) is 27.1 Å². The molecule has 1 aliphatic rings. The average Bonchev–Trinajstić information content (AvgIpc) is 3.19. The van der Waals surface area contributed by atoms with Crippen molar-refractivity contribution in [1.29, 1.82) is 0 Å². The molecule has 0 radical (unpaired) electrons. The van der Waals surface area contributed by atoms with E-state index in [0.29, 0.717) is 44.0 Å². The second-order valence-electron chi connectivity index (χ2n) is 7.34.